The summed E-state index contributed by atoms with van der Waals surface area (Å²) in [6, 6.07) is 8.96. The minimum Gasteiger partial charge on any atom is -0.507 e. The molecular formula is C16H15NO5. The number of carbonyl (C=O) groups excluding carboxylic acids is 2. The first kappa shape index (κ1) is 15.4. The summed E-state index contributed by atoms with van der Waals surface area (Å²) >= 11 is 0. The zero-order valence-corrected chi connectivity index (χ0v) is 12.1. The Morgan fingerprint density at radius 3 is 2.36 bits per heavy atom. The molecule has 0 heterocycles. The van der Waals surface area contributed by atoms with Crippen molar-refractivity contribution in [3.05, 3.63) is 47.5 Å². The molecule has 0 aliphatic carbocycles. The van der Waals surface area contributed by atoms with E-state index in [1.54, 1.807) is 37.2 Å². The fourth-order valence-electron chi connectivity index (χ4n) is 2.07. The average molecular weight is 301 g/mol. The number of rotatable bonds is 5. The Hall–Kier alpha value is -3.02. The van der Waals surface area contributed by atoms with Gasteiger partial charge in [0.2, 0.25) is 5.78 Å². The van der Waals surface area contributed by atoms with E-state index in [1.165, 1.54) is 18.2 Å². The van der Waals surface area contributed by atoms with Crippen molar-refractivity contribution in [3.63, 3.8) is 0 Å². The van der Waals surface area contributed by atoms with E-state index in [4.69, 9.17) is 4.74 Å². The van der Waals surface area contributed by atoms with Crippen LogP contribution in [0, 0.1) is 0 Å². The van der Waals surface area contributed by atoms with Crippen molar-refractivity contribution < 1.29 is 24.5 Å². The lowest BCUT2D eigenvalue weighted by Crippen LogP contribution is -2.12. The number of phenolic OH excluding ortho intramolecular Hbond substituents is 2. The van der Waals surface area contributed by atoms with Gasteiger partial charge in [-0.25, -0.2) is 0 Å². The topological polar surface area (TPSA) is 87.1 Å². The van der Waals surface area contributed by atoms with Crippen molar-refractivity contribution in [2.75, 3.05) is 19.0 Å². The van der Waals surface area contributed by atoms with Crippen LogP contribution in [0.4, 0.5) is 5.69 Å². The molecule has 22 heavy (non-hydrogen) atoms. The van der Waals surface area contributed by atoms with Gasteiger partial charge in [-0.05, 0) is 24.3 Å². The molecule has 2 aromatic carbocycles. The fourth-order valence-corrected chi connectivity index (χ4v) is 2.07. The van der Waals surface area contributed by atoms with Gasteiger partial charge >= 0.3 is 0 Å². The highest BCUT2D eigenvalue weighted by atomic mass is 16.5. The third-order valence-electron chi connectivity index (χ3n) is 3.15. The minimum absolute atomic E-state index is 0.0486. The normalized spacial score (nSPS) is 10.1. The Morgan fingerprint density at radius 1 is 1.09 bits per heavy atom. The smallest absolute Gasteiger partial charge is 0.298 e. The number of para-hydroxylation sites is 1. The molecule has 0 bridgehead atoms. The van der Waals surface area contributed by atoms with E-state index in [0.717, 1.165) is 0 Å². The molecule has 2 rings (SSSR count). The van der Waals surface area contributed by atoms with Crippen LogP contribution in [0.3, 0.4) is 0 Å². The molecule has 0 aliphatic rings. The molecule has 6 heteroatoms. The number of ketones is 1. The number of phenols is 2. The van der Waals surface area contributed by atoms with Crippen molar-refractivity contribution >= 4 is 17.9 Å². The van der Waals surface area contributed by atoms with Crippen LogP contribution >= 0.6 is 0 Å². The predicted octanol–water partition coefficient (Wildman–Crippen LogP) is 1.93. The number of anilines is 1. The van der Waals surface area contributed by atoms with Gasteiger partial charge in [-0.3, -0.25) is 9.59 Å². The van der Waals surface area contributed by atoms with Gasteiger partial charge in [0.15, 0.2) is 11.5 Å². The average Bonchev–Trinajstić information content (AvgIpc) is 2.49. The van der Waals surface area contributed by atoms with E-state index in [0.29, 0.717) is 5.69 Å². The van der Waals surface area contributed by atoms with Gasteiger partial charge in [-0.1, -0.05) is 12.1 Å². The predicted molar refractivity (Wildman–Crippen MR) is 80.7 cm³/mol. The van der Waals surface area contributed by atoms with Crippen LogP contribution in [-0.2, 0) is 4.79 Å². The summed E-state index contributed by atoms with van der Waals surface area (Å²) in [5.74, 6) is -1.33. The first-order chi connectivity index (χ1) is 10.5. The summed E-state index contributed by atoms with van der Waals surface area (Å²) in [5, 5.41) is 20.0. The molecule has 0 aromatic heterocycles. The summed E-state index contributed by atoms with van der Waals surface area (Å²) in [7, 11) is 3.41. The number of benzene rings is 2. The van der Waals surface area contributed by atoms with Crippen LogP contribution in [0.15, 0.2) is 36.4 Å². The largest absolute Gasteiger partial charge is 0.507 e. The van der Waals surface area contributed by atoms with Crippen LogP contribution in [0.25, 0.3) is 0 Å². The molecule has 0 unspecified atom stereocenters. The molecule has 0 radical (unpaired) electrons. The molecule has 0 saturated carbocycles. The van der Waals surface area contributed by atoms with Gasteiger partial charge in [0, 0.05) is 14.1 Å². The first-order valence-electron chi connectivity index (χ1n) is 6.43. The number of hydrogen-bond donors (Lipinski definition) is 2. The summed E-state index contributed by atoms with van der Waals surface area (Å²) in [5.41, 5.74) is 0.426. The maximum absolute atomic E-state index is 12.4. The quantitative estimate of drug-likeness (QED) is 0.648. The zero-order chi connectivity index (χ0) is 16.3. The van der Waals surface area contributed by atoms with Crippen LogP contribution < -0.4 is 9.64 Å². The summed E-state index contributed by atoms with van der Waals surface area (Å²) in [6.07, 6.45) is 0. The van der Waals surface area contributed by atoms with Gasteiger partial charge in [-0.2, -0.15) is 0 Å². The highest BCUT2D eigenvalue weighted by Crippen LogP contribution is 2.40. The maximum atomic E-state index is 12.4. The number of ether oxygens (including phenoxy) is 1. The third-order valence-corrected chi connectivity index (χ3v) is 3.15. The molecule has 0 aliphatic heterocycles. The summed E-state index contributed by atoms with van der Waals surface area (Å²) in [4.78, 5) is 24.7. The molecule has 2 N–H and O–H groups in total. The third kappa shape index (κ3) is 2.71. The number of aromatic hydroxyl groups is 2. The molecule has 2 aromatic rings. The Labute approximate surface area is 127 Å². The van der Waals surface area contributed by atoms with E-state index < -0.39 is 11.5 Å². The van der Waals surface area contributed by atoms with Crippen molar-refractivity contribution in [2.45, 2.75) is 0 Å². The molecule has 0 saturated heterocycles. The maximum Gasteiger partial charge on any atom is 0.298 e. The lowest BCUT2D eigenvalue weighted by atomic mass is 10.0. The molecule has 6 nitrogen and oxygen atoms in total. The highest BCUT2D eigenvalue weighted by molar-refractivity contribution is 6.13. The summed E-state index contributed by atoms with van der Waals surface area (Å²) in [6.45, 7) is 0.177. The Kier molecular flexibility index (Phi) is 4.31. The second kappa shape index (κ2) is 6.17. The number of hydrogen-bond acceptors (Lipinski definition) is 6. The molecular weight excluding hydrogens is 286 g/mol. The van der Waals surface area contributed by atoms with Crippen molar-refractivity contribution in [1.29, 1.82) is 0 Å². The summed E-state index contributed by atoms with van der Waals surface area (Å²) < 4.78 is 4.80. The van der Waals surface area contributed by atoms with E-state index in [9.17, 15) is 19.8 Å². The molecule has 0 fully saturated rings. The SMILES string of the molecule is CN(C)c1ccc(C(=O)c2ccccc2O)c(O)c1OC=O. The Morgan fingerprint density at radius 2 is 1.77 bits per heavy atom. The molecule has 0 spiro atoms. The Bertz CT molecular complexity index is 724. The van der Waals surface area contributed by atoms with Gasteiger partial charge in [0.05, 0.1) is 16.8 Å². The van der Waals surface area contributed by atoms with E-state index >= 15 is 0 Å². The van der Waals surface area contributed by atoms with Crippen LogP contribution in [0.5, 0.6) is 17.2 Å². The molecule has 114 valence electrons. The standard InChI is InChI=1S/C16H15NO5/c1-17(2)12-8-7-11(15(21)16(12)22-9-18)14(20)10-5-3-4-6-13(10)19/h3-9,19,21H,1-2H3. The molecule has 0 atom stereocenters. The van der Waals surface area contributed by atoms with Crippen molar-refractivity contribution in [1.82, 2.24) is 0 Å². The second-order valence-corrected chi connectivity index (χ2v) is 4.76. The van der Waals surface area contributed by atoms with Crippen molar-refractivity contribution in [3.8, 4) is 17.2 Å². The number of nitrogens with zero attached hydrogens (tertiary/aromatic N) is 1. The van der Waals surface area contributed by atoms with E-state index in [2.05, 4.69) is 0 Å². The fraction of sp³-hybridized carbons (Fsp3) is 0.125. The van der Waals surface area contributed by atoms with Crippen LogP contribution in [-0.4, -0.2) is 36.6 Å². The lowest BCUT2D eigenvalue weighted by molar-refractivity contribution is -0.120. The monoisotopic (exact) mass is 301 g/mol. The lowest BCUT2D eigenvalue weighted by Gasteiger charge is -2.18. The van der Waals surface area contributed by atoms with Crippen LogP contribution in [0.2, 0.25) is 0 Å². The van der Waals surface area contributed by atoms with Gasteiger partial charge in [-0.15, -0.1) is 0 Å². The number of carbonyl (C=O) groups is 2. The van der Waals surface area contributed by atoms with Crippen LogP contribution in [0.1, 0.15) is 15.9 Å². The highest BCUT2D eigenvalue weighted by Gasteiger charge is 2.22. The second-order valence-electron chi connectivity index (χ2n) is 4.76. The van der Waals surface area contributed by atoms with Crippen molar-refractivity contribution in [2.24, 2.45) is 0 Å². The van der Waals surface area contributed by atoms with Gasteiger partial charge in [0.1, 0.15) is 5.75 Å². The van der Waals surface area contributed by atoms with Gasteiger partial charge in [0.25, 0.3) is 6.47 Å². The molecule has 0 amide bonds. The first-order valence-corrected chi connectivity index (χ1v) is 6.43. The Balaban J connectivity index is 2.57. The zero-order valence-electron chi connectivity index (χ0n) is 12.1. The van der Waals surface area contributed by atoms with E-state index in [1.807, 2.05) is 0 Å². The minimum atomic E-state index is -0.573. The van der Waals surface area contributed by atoms with Gasteiger partial charge < -0.3 is 19.8 Å². The van der Waals surface area contributed by atoms with E-state index in [-0.39, 0.29) is 29.1 Å².